The molecule has 0 spiro atoms. The van der Waals surface area contributed by atoms with Crippen LogP contribution in [0.25, 0.3) is 5.69 Å². The van der Waals surface area contributed by atoms with Gasteiger partial charge in [-0.05, 0) is 12.1 Å². The number of para-hydroxylation sites is 1. The first-order valence-corrected chi connectivity index (χ1v) is 3.91. The van der Waals surface area contributed by atoms with Crippen LogP contribution in [0.3, 0.4) is 0 Å². The summed E-state index contributed by atoms with van der Waals surface area (Å²) in [5.74, 6) is 0. The highest BCUT2D eigenvalue weighted by atomic mass is 16.5. The van der Waals surface area contributed by atoms with Crippen LogP contribution in [-0.2, 0) is 0 Å². The molecule has 0 radical (unpaired) electrons. The molecule has 0 unspecified atom stereocenters. The van der Waals surface area contributed by atoms with Crippen molar-refractivity contribution in [2.45, 2.75) is 0 Å². The molecular formula is C9H9N3O. The number of ether oxygens (including phenoxy) is 1. The second-order valence-electron chi connectivity index (χ2n) is 2.49. The Hall–Kier alpha value is -1.84. The summed E-state index contributed by atoms with van der Waals surface area (Å²) in [5, 5.41) is 4.04. The number of hydrogen-bond acceptors (Lipinski definition) is 3. The quantitative estimate of drug-likeness (QED) is 0.690. The van der Waals surface area contributed by atoms with Gasteiger partial charge >= 0.3 is 6.01 Å². The summed E-state index contributed by atoms with van der Waals surface area (Å²) in [6.45, 7) is 0. The van der Waals surface area contributed by atoms with Crippen LogP contribution in [0.15, 0.2) is 36.7 Å². The molecule has 0 aliphatic heterocycles. The van der Waals surface area contributed by atoms with Gasteiger partial charge in [0.2, 0.25) is 0 Å². The Balaban J connectivity index is 2.47. The molecule has 0 N–H and O–H groups in total. The first-order valence-electron chi connectivity index (χ1n) is 3.91. The van der Waals surface area contributed by atoms with Crippen molar-refractivity contribution in [1.29, 1.82) is 0 Å². The van der Waals surface area contributed by atoms with Crippen LogP contribution < -0.4 is 4.74 Å². The van der Waals surface area contributed by atoms with Gasteiger partial charge in [0.05, 0.1) is 12.8 Å². The molecule has 2 rings (SSSR count). The third-order valence-corrected chi connectivity index (χ3v) is 1.70. The maximum atomic E-state index is 5.03. The third-order valence-electron chi connectivity index (χ3n) is 1.70. The first kappa shape index (κ1) is 7.79. The van der Waals surface area contributed by atoms with E-state index in [2.05, 4.69) is 10.1 Å². The Morgan fingerprint density at radius 3 is 2.69 bits per heavy atom. The summed E-state index contributed by atoms with van der Waals surface area (Å²) in [6.07, 6.45) is 1.46. The van der Waals surface area contributed by atoms with Crippen LogP contribution in [0.4, 0.5) is 0 Å². The minimum Gasteiger partial charge on any atom is -0.467 e. The minimum absolute atomic E-state index is 0.492. The van der Waals surface area contributed by atoms with Crippen LogP contribution in [0.5, 0.6) is 6.01 Å². The molecule has 0 amide bonds. The molecule has 66 valence electrons. The van der Waals surface area contributed by atoms with Crippen molar-refractivity contribution in [2.75, 3.05) is 7.11 Å². The number of aromatic nitrogens is 3. The fraction of sp³-hybridized carbons (Fsp3) is 0.111. The van der Waals surface area contributed by atoms with Crippen molar-refractivity contribution in [1.82, 2.24) is 14.8 Å². The van der Waals surface area contributed by atoms with E-state index in [4.69, 9.17) is 4.74 Å². The van der Waals surface area contributed by atoms with Crippen molar-refractivity contribution in [3.05, 3.63) is 36.7 Å². The van der Waals surface area contributed by atoms with E-state index >= 15 is 0 Å². The number of hydrogen-bond donors (Lipinski definition) is 0. The lowest BCUT2D eigenvalue weighted by Crippen LogP contribution is -1.99. The Bertz CT molecular complexity index is 383. The first-order chi connectivity index (χ1) is 6.42. The number of rotatable bonds is 2. The van der Waals surface area contributed by atoms with Gasteiger partial charge in [-0.2, -0.15) is 14.8 Å². The maximum Gasteiger partial charge on any atom is 0.319 e. The summed E-state index contributed by atoms with van der Waals surface area (Å²) >= 11 is 0. The van der Waals surface area contributed by atoms with Crippen molar-refractivity contribution < 1.29 is 4.74 Å². The van der Waals surface area contributed by atoms with Crippen LogP contribution in [0.1, 0.15) is 0 Å². The van der Waals surface area contributed by atoms with E-state index < -0.39 is 0 Å². The highest BCUT2D eigenvalue weighted by Gasteiger charge is 2.04. The molecule has 0 aliphatic rings. The molecule has 4 heteroatoms. The molecule has 0 saturated heterocycles. The summed E-state index contributed by atoms with van der Waals surface area (Å²) in [4.78, 5) is 3.94. The van der Waals surface area contributed by atoms with E-state index in [0.717, 1.165) is 5.69 Å². The molecular weight excluding hydrogens is 166 g/mol. The second-order valence-corrected chi connectivity index (χ2v) is 2.49. The standard InChI is InChI=1S/C9H9N3O/c1-13-9-10-7-11-12(9)8-5-3-2-4-6-8/h2-7H,1H3. The van der Waals surface area contributed by atoms with Gasteiger partial charge in [-0.25, -0.2) is 0 Å². The molecule has 0 atom stereocenters. The smallest absolute Gasteiger partial charge is 0.319 e. The SMILES string of the molecule is COc1ncnn1-c1ccccc1. The second kappa shape index (κ2) is 3.26. The monoisotopic (exact) mass is 175 g/mol. The van der Waals surface area contributed by atoms with Crippen LogP contribution in [0, 0.1) is 0 Å². The van der Waals surface area contributed by atoms with Gasteiger partial charge in [-0.3, -0.25) is 0 Å². The zero-order valence-electron chi connectivity index (χ0n) is 7.21. The van der Waals surface area contributed by atoms with Crippen LogP contribution in [0.2, 0.25) is 0 Å². The topological polar surface area (TPSA) is 39.9 Å². The van der Waals surface area contributed by atoms with E-state index in [-0.39, 0.29) is 0 Å². The van der Waals surface area contributed by atoms with Gasteiger partial charge in [0.15, 0.2) is 0 Å². The Kier molecular flexibility index (Phi) is 1.96. The van der Waals surface area contributed by atoms with Gasteiger partial charge in [0.25, 0.3) is 0 Å². The summed E-state index contributed by atoms with van der Waals surface area (Å²) in [7, 11) is 1.57. The average Bonchev–Trinajstić information content (AvgIpc) is 2.67. The van der Waals surface area contributed by atoms with Gasteiger partial charge in [-0.1, -0.05) is 18.2 Å². The predicted octanol–water partition coefficient (Wildman–Crippen LogP) is 1.28. The third kappa shape index (κ3) is 1.38. The molecule has 0 aliphatic carbocycles. The Morgan fingerprint density at radius 1 is 1.23 bits per heavy atom. The minimum atomic E-state index is 0.492. The van der Waals surface area contributed by atoms with E-state index in [1.54, 1.807) is 11.8 Å². The summed E-state index contributed by atoms with van der Waals surface area (Å²) in [5.41, 5.74) is 0.942. The van der Waals surface area contributed by atoms with Crippen molar-refractivity contribution in [2.24, 2.45) is 0 Å². The maximum absolute atomic E-state index is 5.03. The molecule has 0 saturated carbocycles. The fourth-order valence-electron chi connectivity index (χ4n) is 1.12. The van der Waals surface area contributed by atoms with Crippen molar-refractivity contribution >= 4 is 0 Å². The molecule has 1 aromatic heterocycles. The lowest BCUT2D eigenvalue weighted by molar-refractivity contribution is 0.369. The molecule has 0 fully saturated rings. The number of methoxy groups -OCH3 is 1. The molecule has 13 heavy (non-hydrogen) atoms. The molecule has 0 bridgehead atoms. The van der Waals surface area contributed by atoms with Gasteiger partial charge in [-0.15, -0.1) is 0 Å². The number of benzene rings is 1. The van der Waals surface area contributed by atoms with E-state index in [1.165, 1.54) is 6.33 Å². The zero-order valence-corrected chi connectivity index (χ0v) is 7.21. The highest BCUT2D eigenvalue weighted by Crippen LogP contribution is 2.12. The Morgan fingerprint density at radius 2 is 2.00 bits per heavy atom. The molecule has 4 nitrogen and oxygen atoms in total. The molecule has 2 aromatic rings. The molecule has 1 aromatic carbocycles. The fourth-order valence-corrected chi connectivity index (χ4v) is 1.12. The lowest BCUT2D eigenvalue weighted by Gasteiger charge is -2.02. The summed E-state index contributed by atoms with van der Waals surface area (Å²) < 4.78 is 6.67. The molecule has 1 heterocycles. The average molecular weight is 175 g/mol. The highest BCUT2D eigenvalue weighted by molar-refractivity contribution is 5.31. The van der Waals surface area contributed by atoms with E-state index in [1.807, 2.05) is 30.3 Å². The largest absolute Gasteiger partial charge is 0.467 e. The van der Waals surface area contributed by atoms with Crippen LogP contribution in [-0.4, -0.2) is 21.9 Å². The van der Waals surface area contributed by atoms with Crippen molar-refractivity contribution in [3.8, 4) is 11.7 Å². The summed E-state index contributed by atoms with van der Waals surface area (Å²) in [6, 6.07) is 10.2. The van der Waals surface area contributed by atoms with Gasteiger partial charge in [0.1, 0.15) is 6.33 Å². The van der Waals surface area contributed by atoms with Gasteiger partial charge < -0.3 is 4.74 Å². The Labute approximate surface area is 75.8 Å². The van der Waals surface area contributed by atoms with Gasteiger partial charge in [0, 0.05) is 0 Å². The lowest BCUT2D eigenvalue weighted by atomic mass is 10.3. The zero-order chi connectivity index (χ0) is 9.10. The van der Waals surface area contributed by atoms with E-state index in [9.17, 15) is 0 Å². The van der Waals surface area contributed by atoms with E-state index in [0.29, 0.717) is 6.01 Å². The number of nitrogens with zero attached hydrogens (tertiary/aromatic N) is 3. The van der Waals surface area contributed by atoms with Crippen molar-refractivity contribution in [3.63, 3.8) is 0 Å². The normalized spacial score (nSPS) is 9.92. The predicted molar refractivity (Wildman–Crippen MR) is 47.9 cm³/mol. The van der Waals surface area contributed by atoms with Crippen LogP contribution >= 0.6 is 0 Å².